The number of hydrogen-bond donors (Lipinski definition) is 1. The van der Waals surface area contributed by atoms with Gasteiger partial charge in [-0.25, -0.2) is 0 Å². The van der Waals surface area contributed by atoms with Gasteiger partial charge in [-0.05, 0) is 88.7 Å². The fourth-order valence-corrected chi connectivity index (χ4v) is 5.81. The number of halogens is 3. The van der Waals surface area contributed by atoms with Crippen LogP contribution in [0.15, 0.2) is 24.3 Å². The third-order valence-electron chi connectivity index (χ3n) is 8.08. The van der Waals surface area contributed by atoms with Gasteiger partial charge in [0.1, 0.15) is 0 Å². The summed E-state index contributed by atoms with van der Waals surface area (Å²) in [7, 11) is 0. The molecule has 3 aliphatic rings. The van der Waals surface area contributed by atoms with Gasteiger partial charge in [0.25, 0.3) is 0 Å². The summed E-state index contributed by atoms with van der Waals surface area (Å²) in [6.07, 6.45) is 5.81. The van der Waals surface area contributed by atoms with E-state index in [0.29, 0.717) is 24.1 Å². The maximum atomic E-state index is 13.0. The summed E-state index contributed by atoms with van der Waals surface area (Å²) in [5.74, 6) is 0.913. The van der Waals surface area contributed by atoms with Crippen LogP contribution in [-0.2, 0) is 11.0 Å². The number of amides is 1. The van der Waals surface area contributed by atoms with Crippen molar-refractivity contribution >= 4 is 11.6 Å². The summed E-state index contributed by atoms with van der Waals surface area (Å²) in [5, 5.41) is 3.27. The molecule has 8 heteroatoms. The Morgan fingerprint density at radius 3 is 2.26 bits per heavy atom. The number of nitrogens with one attached hydrogen (secondary N) is 1. The van der Waals surface area contributed by atoms with Gasteiger partial charge in [0.05, 0.1) is 5.56 Å². The first-order valence-electron chi connectivity index (χ1n) is 13.5. The zero-order valence-electron chi connectivity index (χ0n) is 20.9. The van der Waals surface area contributed by atoms with Gasteiger partial charge in [0, 0.05) is 50.9 Å². The highest BCUT2D eigenvalue weighted by Crippen LogP contribution is 2.32. The Morgan fingerprint density at radius 1 is 0.886 bits per heavy atom. The third kappa shape index (κ3) is 8.10. The molecule has 1 aromatic carbocycles. The molecule has 2 heterocycles. The molecule has 1 aliphatic carbocycles. The summed E-state index contributed by atoms with van der Waals surface area (Å²) < 4.78 is 39.0. The van der Waals surface area contributed by atoms with Crippen LogP contribution >= 0.6 is 0 Å². The monoisotopic (exact) mass is 494 g/mol. The molecule has 3 fully saturated rings. The molecule has 0 spiro atoms. The van der Waals surface area contributed by atoms with Crippen molar-refractivity contribution in [1.82, 2.24) is 15.1 Å². The second-order valence-corrected chi connectivity index (χ2v) is 10.6. The van der Waals surface area contributed by atoms with Gasteiger partial charge in [-0.3, -0.25) is 9.69 Å². The summed E-state index contributed by atoms with van der Waals surface area (Å²) >= 11 is 0. The highest BCUT2D eigenvalue weighted by molar-refractivity contribution is 5.76. The highest BCUT2D eigenvalue weighted by Gasteiger charge is 2.31. The number of carbonyl (C=O) groups is 1. The Balaban J connectivity index is 1.09. The van der Waals surface area contributed by atoms with Crippen LogP contribution in [0.5, 0.6) is 0 Å². The maximum absolute atomic E-state index is 13.0. The number of piperidine rings is 1. The van der Waals surface area contributed by atoms with Crippen molar-refractivity contribution in [2.24, 2.45) is 5.92 Å². The van der Waals surface area contributed by atoms with Crippen molar-refractivity contribution in [2.45, 2.75) is 70.0 Å². The van der Waals surface area contributed by atoms with E-state index in [1.165, 1.54) is 50.7 Å². The lowest BCUT2D eigenvalue weighted by atomic mass is 9.84. The molecule has 1 saturated carbocycles. The molecule has 5 nitrogen and oxygen atoms in total. The topological polar surface area (TPSA) is 38.8 Å². The van der Waals surface area contributed by atoms with E-state index in [-0.39, 0.29) is 5.91 Å². The van der Waals surface area contributed by atoms with E-state index < -0.39 is 11.7 Å². The van der Waals surface area contributed by atoms with Gasteiger partial charge in [-0.2, -0.15) is 13.2 Å². The third-order valence-corrected chi connectivity index (χ3v) is 8.08. The van der Waals surface area contributed by atoms with E-state index in [4.69, 9.17) is 0 Å². The Hall–Kier alpha value is -1.80. The summed E-state index contributed by atoms with van der Waals surface area (Å²) in [4.78, 5) is 19.3. The first-order chi connectivity index (χ1) is 16.9. The molecule has 2 saturated heterocycles. The van der Waals surface area contributed by atoms with Gasteiger partial charge in [-0.15, -0.1) is 0 Å². The molecular weight excluding hydrogens is 453 g/mol. The van der Waals surface area contributed by atoms with Crippen LogP contribution in [0.4, 0.5) is 18.9 Å². The zero-order valence-corrected chi connectivity index (χ0v) is 20.9. The lowest BCUT2D eigenvalue weighted by Gasteiger charge is -2.37. The van der Waals surface area contributed by atoms with Crippen LogP contribution in [0.1, 0.15) is 63.4 Å². The van der Waals surface area contributed by atoms with Crippen molar-refractivity contribution in [1.29, 1.82) is 0 Å². The largest absolute Gasteiger partial charge is 0.416 e. The van der Waals surface area contributed by atoms with E-state index >= 15 is 0 Å². The number of rotatable bonds is 8. The summed E-state index contributed by atoms with van der Waals surface area (Å²) in [5.41, 5.74) is 0.0852. The minimum atomic E-state index is -4.30. The van der Waals surface area contributed by atoms with E-state index in [9.17, 15) is 18.0 Å². The van der Waals surface area contributed by atoms with Crippen LogP contribution in [-0.4, -0.2) is 74.1 Å². The number of carbonyl (C=O) groups excluding carboxylic acids is 1. The Kier molecular flexibility index (Phi) is 9.34. The normalized spacial score (nSPS) is 24.9. The number of nitrogens with zero attached hydrogens (tertiary/aromatic N) is 3. The SMILES string of the molecule is O=C(CCN1CCCCC1)NC1CCC(CCN2CCN(c3cccc(C(F)(F)F)c3)CC2)CC1. The zero-order chi connectivity index (χ0) is 24.7. The average molecular weight is 495 g/mol. The van der Waals surface area contributed by atoms with Crippen LogP contribution in [0, 0.1) is 5.92 Å². The number of alkyl halides is 3. The first-order valence-corrected chi connectivity index (χ1v) is 13.5. The van der Waals surface area contributed by atoms with Crippen LogP contribution in [0.25, 0.3) is 0 Å². The second kappa shape index (κ2) is 12.4. The molecule has 0 unspecified atom stereocenters. The Bertz CT molecular complexity index is 796. The first kappa shape index (κ1) is 26.3. The summed E-state index contributed by atoms with van der Waals surface area (Å²) in [6.45, 7) is 7.51. The van der Waals surface area contributed by atoms with Crippen molar-refractivity contribution in [2.75, 3.05) is 57.3 Å². The van der Waals surface area contributed by atoms with Crippen LogP contribution in [0.2, 0.25) is 0 Å². The number of piperazine rings is 1. The number of hydrogen-bond acceptors (Lipinski definition) is 4. The molecular formula is C27H41F3N4O. The van der Waals surface area contributed by atoms with Gasteiger partial charge in [-0.1, -0.05) is 12.5 Å². The summed E-state index contributed by atoms with van der Waals surface area (Å²) in [6, 6.07) is 6.00. The van der Waals surface area contributed by atoms with Gasteiger partial charge in [0.15, 0.2) is 0 Å². The predicted molar refractivity (Wildman–Crippen MR) is 134 cm³/mol. The molecule has 0 radical (unpaired) electrons. The quantitative estimate of drug-likeness (QED) is 0.565. The molecule has 196 valence electrons. The molecule has 35 heavy (non-hydrogen) atoms. The van der Waals surface area contributed by atoms with Gasteiger partial charge >= 0.3 is 6.18 Å². The van der Waals surface area contributed by atoms with E-state index in [2.05, 4.69) is 20.0 Å². The lowest BCUT2D eigenvalue weighted by molar-refractivity contribution is -0.137. The van der Waals surface area contributed by atoms with Gasteiger partial charge in [0.2, 0.25) is 5.91 Å². The Labute approximate surface area is 208 Å². The van der Waals surface area contributed by atoms with Crippen molar-refractivity contribution in [3.8, 4) is 0 Å². The van der Waals surface area contributed by atoms with Crippen LogP contribution < -0.4 is 10.2 Å². The van der Waals surface area contributed by atoms with E-state index in [1.807, 2.05) is 0 Å². The molecule has 1 N–H and O–H groups in total. The van der Waals surface area contributed by atoms with Crippen molar-refractivity contribution < 1.29 is 18.0 Å². The van der Waals surface area contributed by atoms with Gasteiger partial charge < -0.3 is 15.1 Å². The molecule has 0 bridgehead atoms. The smallest absolute Gasteiger partial charge is 0.369 e. The molecule has 4 rings (SSSR count). The fourth-order valence-electron chi connectivity index (χ4n) is 5.81. The molecule has 1 aromatic rings. The lowest BCUT2D eigenvalue weighted by Crippen LogP contribution is -2.47. The van der Waals surface area contributed by atoms with E-state index in [1.54, 1.807) is 6.07 Å². The fraction of sp³-hybridized carbons (Fsp3) is 0.741. The second-order valence-electron chi connectivity index (χ2n) is 10.6. The standard InChI is InChI=1S/C27H41F3N4O/c28-27(29,30)23-5-4-6-25(21-23)34-19-17-33(18-20-34)15-11-22-7-9-24(10-8-22)31-26(35)12-16-32-13-2-1-3-14-32/h4-6,21-22,24H,1-3,7-20H2,(H,31,35). The molecule has 1 amide bonds. The van der Waals surface area contributed by atoms with Crippen molar-refractivity contribution in [3.63, 3.8) is 0 Å². The maximum Gasteiger partial charge on any atom is 0.416 e. The predicted octanol–water partition coefficient (Wildman–Crippen LogP) is 4.77. The highest BCUT2D eigenvalue weighted by atomic mass is 19.4. The molecule has 0 atom stereocenters. The molecule has 2 aliphatic heterocycles. The average Bonchev–Trinajstić information content (AvgIpc) is 2.88. The van der Waals surface area contributed by atoms with Crippen molar-refractivity contribution in [3.05, 3.63) is 29.8 Å². The number of anilines is 1. The number of likely N-dealkylation sites (tertiary alicyclic amines) is 1. The Morgan fingerprint density at radius 2 is 1.57 bits per heavy atom. The number of benzene rings is 1. The minimum absolute atomic E-state index is 0.206. The van der Waals surface area contributed by atoms with E-state index in [0.717, 1.165) is 71.3 Å². The van der Waals surface area contributed by atoms with Crippen LogP contribution in [0.3, 0.4) is 0 Å². The molecule has 0 aromatic heterocycles. The minimum Gasteiger partial charge on any atom is -0.369 e.